The Morgan fingerprint density at radius 1 is 1.27 bits per heavy atom. The summed E-state index contributed by atoms with van der Waals surface area (Å²) < 4.78 is 30.8. The van der Waals surface area contributed by atoms with Gasteiger partial charge in [0.1, 0.15) is 5.75 Å². The standard InChI is InChI=1S/C11H15F2NO/c1-3-11(12,13)8-14-9-4-6-10(15-2)7-5-9/h4-7,14H,3,8H2,1-2H3. The molecule has 0 amide bonds. The lowest BCUT2D eigenvalue weighted by Gasteiger charge is -2.15. The maximum Gasteiger partial charge on any atom is 0.264 e. The summed E-state index contributed by atoms with van der Waals surface area (Å²) in [5.74, 6) is -1.94. The SMILES string of the molecule is CCC(F)(F)CNc1ccc(OC)cc1. The zero-order valence-electron chi connectivity index (χ0n) is 8.89. The van der Waals surface area contributed by atoms with E-state index >= 15 is 0 Å². The molecule has 0 spiro atoms. The van der Waals surface area contributed by atoms with E-state index in [0.717, 1.165) is 0 Å². The van der Waals surface area contributed by atoms with Gasteiger partial charge in [-0.1, -0.05) is 6.92 Å². The van der Waals surface area contributed by atoms with E-state index in [-0.39, 0.29) is 13.0 Å². The van der Waals surface area contributed by atoms with Crippen LogP contribution in [0.3, 0.4) is 0 Å². The van der Waals surface area contributed by atoms with Crippen LogP contribution in [0, 0.1) is 0 Å². The van der Waals surface area contributed by atoms with Crippen molar-refractivity contribution >= 4 is 5.69 Å². The smallest absolute Gasteiger partial charge is 0.264 e. The molecule has 84 valence electrons. The van der Waals surface area contributed by atoms with Gasteiger partial charge in [-0.2, -0.15) is 0 Å². The normalized spacial score (nSPS) is 11.2. The number of benzene rings is 1. The third-order valence-corrected chi connectivity index (χ3v) is 2.16. The molecule has 1 aromatic carbocycles. The Kier molecular flexibility index (Phi) is 3.88. The van der Waals surface area contributed by atoms with E-state index in [1.54, 1.807) is 31.4 Å². The van der Waals surface area contributed by atoms with Gasteiger partial charge in [0, 0.05) is 12.1 Å². The molecule has 0 unspecified atom stereocenters. The summed E-state index contributed by atoms with van der Waals surface area (Å²) in [7, 11) is 1.56. The molecule has 0 aliphatic carbocycles. The van der Waals surface area contributed by atoms with E-state index in [4.69, 9.17) is 4.74 Å². The van der Waals surface area contributed by atoms with Crippen molar-refractivity contribution in [1.82, 2.24) is 0 Å². The number of alkyl halides is 2. The molecule has 0 atom stereocenters. The quantitative estimate of drug-likeness (QED) is 0.814. The topological polar surface area (TPSA) is 21.3 Å². The summed E-state index contributed by atoms with van der Waals surface area (Å²) in [6.07, 6.45) is -0.157. The highest BCUT2D eigenvalue weighted by atomic mass is 19.3. The average molecular weight is 215 g/mol. The first kappa shape index (κ1) is 11.8. The van der Waals surface area contributed by atoms with Crippen LogP contribution in [0.1, 0.15) is 13.3 Å². The summed E-state index contributed by atoms with van der Waals surface area (Å²) in [5.41, 5.74) is 0.670. The van der Waals surface area contributed by atoms with Crippen LogP contribution in [-0.2, 0) is 0 Å². The monoisotopic (exact) mass is 215 g/mol. The Labute approximate surface area is 88.3 Å². The van der Waals surface area contributed by atoms with Gasteiger partial charge in [-0.25, -0.2) is 8.78 Å². The van der Waals surface area contributed by atoms with Gasteiger partial charge < -0.3 is 10.1 Å². The predicted molar refractivity (Wildman–Crippen MR) is 56.7 cm³/mol. The number of rotatable bonds is 5. The number of nitrogens with one attached hydrogen (secondary N) is 1. The maximum absolute atomic E-state index is 12.9. The molecule has 0 saturated carbocycles. The van der Waals surface area contributed by atoms with Gasteiger partial charge in [-0.3, -0.25) is 0 Å². The summed E-state index contributed by atoms with van der Waals surface area (Å²) in [6.45, 7) is 1.13. The average Bonchev–Trinajstić information content (AvgIpc) is 2.27. The molecular weight excluding hydrogens is 200 g/mol. The van der Waals surface area contributed by atoms with Crippen molar-refractivity contribution in [3.63, 3.8) is 0 Å². The van der Waals surface area contributed by atoms with Crippen molar-refractivity contribution in [1.29, 1.82) is 0 Å². The zero-order chi connectivity index (χ0) is 11.3. The molecule has 1 rings (SSSR count). The minimum atomic E-state index is -2.65. The van der Waals surface area contributed by atoms with E-state index in [1.807, 2.05) is 0 Å². The van der Waals surface area contributed by atoms with Crippen molar-refractivity contribution in [3.8, 4) is 5.75 Å². The van der Waals surface area contributed by atoms with E-state index in [1.165, 1.54) is 6.92 Å². The Morgan fingerprint density at radius 3 is 2.33 bits per heavy atom. The molecular formula is C11H15F2NO. The second-order valence-corrected chi connectivity index (χ2v) is 3.29. The van der Waals surface area contributed by atoms with Gasteiger partial charge in [0.25, 0.3) is 5.92 Å². The molecule has 0 saturated heterocycles. The fourth-order valence-corrected chi connectivity index (χ4v) is 1.07. The summed E-state index contributed by atoms with van der Waals surface area (Å²) in [5, 5.41) is 2.68. The third-order valence-electron chi connectivity index (χ3n) is 2.16. The van der Waals surface area contributed by atoms with Crippen LogP contribution < -0.4 is 10.1 Å². The van der Waals surface area contributed by atoms with Crippen LogP contribution in [0.25, 0.3) is 0 Å². The first-order chi connectivity index (χ1) is 7.07. The molecule has 0 aliphatic heterocycles. The maximum atomic E-state index is 12.9. The highest BCUT2D eigenvalue weighted by Gasteiger charge is 2.25. The van der Waals surface area contributed by atoms with Gasteiger partial charge in [-0.05, 0) is 24.3 Å². The van der Waals surface area contributed by atoms with Gasteiger partial charge in [0.2, 0.25) is 0 Å². The number of ether oxygens (including phenoxy) is 1. The molecule has 0 radical (unpaired) electrons. The van der Waals surface area contributed by atoms with Gasteiger partial charge in [0.15, 0.2) is 0 Å². The van der Waals surface area contributed by atoms with Crippen molar-refractivity contribution in [2.45, 2.75) is 19.3 Å². The Morgan fingerprint density at radius 2 is 1.87 bits per heavy atom. The highest BCUT2D eigenvalue weighted by molar-refractivity contribution is 5.46. The minimum Gasteiger partial charge on any atom is -0.497 e. The predicted octanol–water partition coefficient (Wildman–Crippen LogP) is 3.15. The van der Waals surface area contributed by atoms with E-state index in [2.05, 4.69) is 5.32 Å². The molecule has 4 heteroatoms. The van der Waals surface area contributed by atoms with Crippen molar-refractivity contribution in [2.24, 2.45) is 0 Å². The number of hydrogen-bond donors (Lipinski definition) is 1. The zero-order valence-corrected chi connectivity index (χ0v) is 8.89. The number of methoxy groups -OCH3 is 1. The second kappa shape index (κ2) is 4.96. The first-order valence-electron chi connectivity index (χ1n) is 4.83. The van der Waals surface area contributed by atoms with Gasteiger partial charge in [0.05, 0.1) is 13.7 Å². The number of hydrogen-bond acceptors (Lipinski definition) is 2. The fraction of sp³-hybridized carbons (Fsp3) is 0.455. The van der Waals surface area contributed by atoms with E-state index in [0.29, 0.717) is 11.4 Å². The summed E-state index contributed by atoms with van der Waals surface area (Å²) >= 11 is 0. The first-order valence-corrected chi connectivity index (χ1v) is 4.83. The minimum absolute atomic E-state index is 0.157. The van der Waals surface area contributed by atoms with Crippen molar-refractivity contribution < 1.29 is 13.5 Å². The van der Waals surface area contributed by atoms with Crippen LogP contribution in [0.4, 0.5) is 14.5 Å². The molecule has 0 fully saturated rings. The fourth-order valence-electron chi connectivity index (χ4n) is 1.07. The largest absolute Gasteiger partial charge is 0.497 e. The summed E-state index contributed by atoms with van der Waals surface area (Å²) in [4.78, 5) is 0. The van der Waals surface area contributed by atoms with Crippen molar-refractivity contribution in [3.05, 3.63) is 24.3 Å². The van der Waals surface area contributed by atoms with Gasteiger partial charge in [-0.15, -0.1) is 0 Å². The molecule has 2 nitrogen and oxygen atoms in total. The van der Waals surface area contributed by atoms with Crippen LogP contribution >= 0.6 is 0 Å². The number of halogens is 2. The Hall–Kier alpha value is -1.32. The molecule has 0 aliphatic rings. The van der Waals surface area contributed by atoms with Crippen LogP contribution in [-0.4, -0.2) is 19.6 Å². The Balaban J connectivity index is 2.51. The third kappa shape index (κ3) is 3.73. The molecule has 1 aromatic rings. The van der Waals surface area contributed by atoms with Crippen LogP contribution in [0.15, 0.2) is 24.3 Å². The molecule has 0 bridgehead atoms. The Bertz CT molecular complexity index is 298. The molecule has 0 heterocycles. The lowest BCUT2D eigenvalue weighted by atomic mass is 10.2. The lowest BCUT2D eigenvalue weighted by molar-refractivity contribution is 0.0116. The molecule has 15 heavy (non-hydrogen) atoms. The number of anilines is 1. The molecule has 1 N–H and O–H groups in total. The molecule has 0 aromatic heterocycles. The second-order valence-electron chi connectivity index (χ2n) is 3.29. The van der Waals surface area contributed by atoms with E-state index in [9.17, 15) is 8.78 Å². The summed E-state index contributed by atoms with van der Waals surface area (Å²) in [6, 6.07) is 6.88. The van der Waals surface area contributed by atoms with Crippen molar-refractivity contribution in [2.75, 3.05) is 19.0 Å². The highest BCUT2D eigenvalue weighted by Crippen LogP contribution is 2.20. The van der Waals surface area contributed by atoms with E-state index < -0.39 is 5.92 Å². The lowest BCUT2D eigenvalue weighted by Crippen LogP contribution is -2.25. The van der Waals surface area contributed by atoms with Gasteiger partial charge >= 0.3 is 0 Å². The van der Waals surface area contributed by atoms with Crippen LogP contribution in [0.5, 0.6) is 5.75 Å². The van der Waals surface area contributed by atoms with Crippen LogP contribution in [0.2, 0.25) is 0 Å².